The molecule has 4 rings (SSSR count). The lowest BCUT2D eigenvalue weighted by Gasteiger charge is -2.23. The Balaban J connectivity index is 1.38. The molecule has 2 N–H and O–H groups in total. The zero-order valence-electron chi connectivity index (χ0n) is 17.2. The second-order valence-corrected chi connectivity index (χ2v) is 8.03. The summed E-state index contributed by atoms with van der Waals surface area (Å²) in [7, 11) is 0. The number of hydrogen-bond donors (Lipinski definition) is 2. The van der Waals surface area contributed by atoms with Gasteiger partial charge in [-0.25, -0.2) is 13.5 Å². The molecule has 3 aromatic rings. The van der Waals surface area contributed by atoms with Crippen LogP contribution in [-0.4, -0.2) is 50.9 Å². The second kappa shape index (κ2) is 8.56. The number of nitrogens with zero attached hydrogens (tertiary/aromatic N) is 3. The van der Waals surface area contributed by atoms with Gasteiger partial charge in [-0.2, -0.15) is 5.10 Å². The minimum Gasteiger partial charge on any atom is -0.387 e. The lowest BCUT2D eigenvalue weighted by atomic mass is 10.0. The number of aryl methyl sites for hydroxylation is 1. The van der Waals surface area contributed by atoms with Gasteiger partial charge in [-0.15, -0.1) is 0 Å². The third-order valence-corrected chi connectivity index (χ3v) is 5.50. The van der Waals surface area contributed by atoms with Gasteiger partial charge in [-0.1, -0.05) is 30.3 Å². The van der Waals surface area contributed by atoms with Crippen LogP contribution in [0.25, 0.3) is 5.69 Å². The molecule has 31 heavy (non-hydrogen) atoms. The van der Waals surface area contributed by atoms with E-state index in [-0.39, 0.29) is 17.9 Å². The molecule has 0 saturated carbocycles. The van der Waals surface area contributed by atoms with Crippen molar-refractivity contribution >= 4 is 5.91 Å². The molecule has 1 aliphatic rings. The topological polar surface area (TPSA) is 70.4 Å². The van der Waals surface area contributed by atoms with E-state index in [1.54, 1.807) is 6.92 Å². The number of rotatable bonds is 6. The molecule has 2 heterocycles. The molecule has 1 amide bonds. The Kier molecular flexibility index (Phi) is 5.84. The molecule has 1 atom stereocenters. The minimum absolute atomic E-state index is 0.0592. The third kappa shape index (κ3) is 4.81. The second-order valence-electron chi connectivity index (χ2n) is 8.03. The first-order valence-corrected chi connectivity index (χ1v) is 10.1. The van der Waals surface area contributed by atoms with Crippen molar-refractivity contribution in [3.63, 3.8) is 0 Å². The van der Waals surface area contributed by atoms with Crippen LogP contribution >= 0.6 is 0 Å². The van der Waals surface area contributed by atoms with Crippen LogP contribution in [0.1, 0.15) is 28.2 Å². The maximum atomic E-state index is 14.1. The van der Waals surface area contributed by atoms with Crippen LogP contribution in [0.4, 0.5) is 8.78 Å². The van der Waals surface area contributed by atoms with Crippen molar-refractivity contribution in [2.45, 2.75) is 25.5 Å². The van der Waals surface area contributed by atoms with Gasteiger partial charge in [0, 0.05) is 37.9 Å². The van der Waals surface area contributed by atoms with E-state index in [2.05, 4.69) is 15.3 Å². The van der Waals surface area contributed by atoms with Crippen molar-refractivity contribution in [3.05, 3.63) is 83.2 Å². The Morgan fingerprint density at radius 2 is 1.97 bits per heavy atom. The molecule has 1 fully saturated rings. The Morgan fingerprint density at radius 3 is 2.71 bits per heavy atom. The van der Waals surface area contributed by atoms with Gasteiger partial charge in [0.1, 0.15) is 11.5 Å². The number of carbonyl (C=O) groups excluding carboxylic acids is 1. The van der Waals surface area contributed by atoms with E-state index in [1.807, 2.05) is 30.3 Å². The van der Waals surface area contributed by atoms with Crippen molar-refractivity contribution in [3.8, 4) is 5.69 Å². The lowest BCUT2D eigenvalue weighted by molar-refractivity contribution is 0.0455. The van der Waals surface area contributed by atoms with Crippen molar-refractivity contribution in [1.29, 1.82) is 0 Å². The summed E-state index contributed by atoms with van der Waals surface area (Å²) in [6.07, 6.45) is 0.550. The van der Waals surface area contributed by atoms with Gasteiger partial charge in [0.25, 0.3) is 5.91 Å². The van der Waals surface area contributed by atoms with E-state index < -0.39 is 23.1 Å². The van der Waals surface area contributed by atoms with Gasteiger partial charge in [-0.3, -0.25) is 9.69 Å². The van der Waals surface area contributed by atoms with Crippen LogP contribution in [0.3, 0.4) is 0 Å². The van der Waals surface area contributed by atoms with E-state index in [4.69, 9.17) is 0 Å². The molecule has 0 bridgehead atoms. The highest BCUT2D eigenvalue weighted by Crippen LogP contribution is 2.23. The maximum absolute atomic E-state index is 14.1. The summed E-state index contributed by atoms with van der Waals surface area (Å²) in [5.74, 6) is -1.91. The fourth-order valence-corrected chi connectivity index (χ4v) is 3.88. The molecular formula is C23H24F2N4O2. The summed E-state index contributed by atoms with van der Waals surface area (Å²) in [4.78, 5) is 14.7. The average molecular weight is 426 g/mol. The van der Waals surface area contributed by atoms with Gasteiger partial charge in [0.15, 0.2) is 11.5 Å². The Bertz CT molecular complexity index is 1090. The predicted octanol–water partition coefficient (Wildman–Crippen LogP) is 2.83. The molecule has 8 heteroatoms. The number of benzene rings is 2. The molecule has 2 aromatic carbocycles. The van der Waals surface area contributed by atoms with E-state index in [9.17, 15) is 18.7 Å². The smallest absolute Gasteiger partial charge is 0.271 e. The molecule has 1 aromatic heterocycles. The Morgan fingerprint density at radius 1 is 1.19 bits per heavy atom. The number of aliphatic hydroxyl groups is 1. The van der Waals surface area contributed by atoms with Crippen molar-refractivity contribution in [2.24, 2.45) is 0 Å². The summed E-state index contributed by atoms with van der Waals surface area (Å²) in [5.41, 5.74) is 0.840. The SMILES string of the molecule is Cc1cc(C(=O)NCC2(O)CCN(Cc3ccccc3)C2)nn1-c1ccc(F)cc1F. The number of β-amino-alcohol motifs (C(OH)–C–C–N with tert-alkyl or cyclic N) is 1. The summed E-state index contributed by atoms with van der Waals surface area (Å²) in [6, 6.07) is 14.7. The molecule has 0 radical (unpaired) electrons. The monoisotopic (exact) mass is 426 g/mol. The van der Waals surface area contributed by atoms with Crippen molar-refractivity contribution in [1.82, 2.24) is 20.0 Å². The van der Waals surface area contributed by atoms with Crippen LogP contribution in [0.15, 0.2) is 54.6 Å². The number of nitrogens with one attached hydrogen (secondary N) is 1. The predicted molar refractivity (Wildman–Crippen MR) is 112 cm³/mol. The molecule has 1 aliphatic heterocycles. The van der Waals surface area contributed by atoms with E-state index in [0.717, 1.165) is 25.2 Å². The third-order valence-electron chi connectivity index (χ3n) is 5.50. The first kappa shape index (κ1) is 21.1. The quantitative estimate of drug-likeness (QED) is 0.636. The first-order chi connectivity index (χ1) is 14.8. The molecule has 1 unspecified atom stereocenters. The zero-order chi connectivity index (χ0) is 22.0. The number of carbonyl (C=O) groups is 1. The highest BCUT2D eigenvalue weighted by atomic mass is 19.1. The highest BCUT2D eigenvalue weighted by Gasteiger charge is 2.36. The molecule has 1 saturated heterocycles. The fraction of sp³-hybridized carbons (Fsp3) is 0.304. The largest absolute Gasteiger partial charge is 0.387 e. The Labute approximate surface area is 179 Å². The first-order valence-electron chi connectivity index (χ1n) is 10.1. The van der Waals surface area contributed by atoms with Crippen LogP contribution in [0.2, 0.25) is 0 Å². The number of amides is 1. The van der Waals surface area contributed by atoms with Gasteiger partial charge in [-0.05, 0) is 37.1 Å². The van der Waals surface area contributed by atoms with Gasteiger partial charge >= 0.3 is 0 Å². The number of likely N-dealkylation sites (tertiary alicyclic amines) is 1. The number of aromatic nitrogens is 2. The summed E-state index contributed by atoms with van der Waals surface area (Å²) in [6.45, 7) is 3.70. The van der Waals surface area contributed by atoms with Crippen LogP contribution in [-0.2, 0) is 6.54 Å². The van der Waals surface area contributed by atoms with Gasteiger partial charge in [0.2, 0.25) is 0 Å². The van der Waals surface area contributed by atoms with E-state index >= 15 is 0 Å². The van der Waals surface area contributed by atoms with Gasteiger partial charge in [0.05, 0.1) is 5.60 Å². The average Bonchev–Trinajstić information content (AvgIpc) is 3.30. The minimum atomic E-state index is -1.02. The lowest BCUT2D eigenvalue weighted by Crippen LogP contribution is -2.45. The summed E-state index contributed by atoms with van der Waals surface area (Å²) < 4.78 is 28.5. The molecular weight excluding hydrogens is 402 g/mol. The standard InChI is InChI=1S/C23H24F2N4O2/c1-16-11-20(27-29(16)21-8-7-18(24)12-19(21)25)22(30)26-14-23(31)9-10-28(15-23)13-17-5-3-2-4-6-17/h2-8,11-12,31H,9-10,13-15H2,1H3,(H,26,30). The van der Waals surface area contributed by atoms with Gasteiger partial charge < -0.3 is 10.4 Å². The number of hydrogen-bond acceptors (Lipinski definition) is 4. The molecule has 0 spiro atoms. The zero-order valence-corrected chi connectivity index (χ0v) is 17.2. The molecule has 6 nitrogen and oxygen atoms in total. The fourth-order valence-electron chi connectivity index (χ4n) is 3.88. The van der Waals surface area contributed by atoms with E-state index in [0.29, 0.717) is 18.7 Å². The van der Waals surface area contributed by atoms with Crippen molar-refractivity contribution < 1.29 is 18.7 Å². The van der Waals surface area contributed by atoms with Crippen LogP contribution in [0, 0.1) is 18.6 Å². The van der Waals surface area contributed by atoms with Crippen LogP contribution in [0.5, 0.6) is 0 Å². The summed E-state index contributed by atoms with van der Waals surface area (Å²) in [5, 5.41) is 17.8. The van der Waals surface area contributed by atoms with Crippen LogP contribution < -0.4 is 5.32 Å². The molecule has 0 aliphatic carbocycles. The normalized spacial score (nSPS) is 19.0. The maximum Gasteiger partial charge on any atom is 0.271 e. The molecule has 162 valence electrons. The Hall–Kier alpha value is -3.10. The van der Waals surface area contributed by atoms with E-state index in [1.165, 1.54) is 22.4 Å². The summed E-state index contributed by atoms with van der Waals surface area (Å²) >= 11 is 0. The highest BCUT2D eigenvalue weighted by molar-refractivity contribution is 5.92. The number of halogens is 2. The van der Waals surface area contributed by atoms with Crippen molar-refractivity contribution in [2.75, 3.05) is 19.6 Å².